The molecule has 0 radical (unpaired) electrons. The van der Waals surface area contributed by atoms with Crippen LogP contribution in [0.2, 0.25) is 0 Å². The molecule has 1 aromatic carbocycles. The largest absolute Gasteiger partial charge is 0.497 e. The molecule has 1 unspecified atom stereocenters. The molecule has 2 amide bonds. The van der Waals surface area contributed by atoms with Gasteiger partial charge in [0.1, 0.15) is 11.3 Å². The maximum Gasteiger partial charge on any atom is 0.245 e. The van der Waals surface area contributed by atoms with Crippen molar-refractivity contribution in [2.75, 3.05) is 19.0 Å². The molecule has 0 spiro atoms. The van der Waals surface area contributed by atoms with E-state index < -0.39 is 5.54 Å². The van der Waals surface area contributed by atoms with Gasteiger partial charge in [0.25, 0.3) is 0 Å². The van der Waals surface area contributed by atoms with Crippen molar-refractivity contribution in [2.24, 2.45) is 11.8 Å². The predicted octanol–water partition coefficient (Wildman–Crippen LogP) is 3.48. The number of nitrogens with one attached hydrogen (secondary N) is 3. The van der Waals surface area contributed by atoms with Gasteiger partial charge in [0.2, 0.25) is 11.8 Å². The zero-order valence-electron chi connectivity index (χ0n) is 18.1. The highest BCUT2D eigenvalue weighted by atomic mass is 16.5. The third-order valence-electron chi connectivity index (χ3n) is 6.45. The van der Waals surface area contributed by atoms with Crippen molar-refractivity contribution >= 4 is 17.5 Å². The maximum absolute atomic E-state index is 12.7. The van der Waals surface area contributed by atoms with Crippen LogP contribution in [0, 0.1) is 11.8 Å². The van der Waals surface area contributed by atoms with Crippen molar-refractivity contribution in [3.05, 3.63) is 24.3 Å². The second-order valence-electron chi connectivity index (χ2n) is 9.40. The summed E-state index contributed by atoms with van der Waals surface area (Å²) in [5.41, 5.74) is 0.169. The van der Waals surface area contributed by atoms with E-state index >= 15 is 0 Å². The highest BCUT2D eigenvalue weighted by molar-refractivity contribution is 5.88. The number of anilines is 1. The quantitative estimate of drug-likeness (QED) is 0.623. The van der Waals surface area contributed by atoms with Crippen LogP contribution in [0.15, 0.2) is 24.3 Å². The molecular formula is C23H35N3O3. The van der Waals surface area contributed by atoms with Gasteiger partial charge in [-0.05, 0) is 88.5 Å². The zero-order chi connectivity index (χ0) is 21.1. The number of amides is 2. The molecule has 0 saturated heterocycles. The number of rotatable bonds is 8. The SMILES string of the molecule is COc1ccc(NC(C)(C)C(=O)NCCC2C[C@@H]3CC[C@@](NC(C)=O)(C2)C3)cc1. The van der Waals surface area contributed by atoms with E-state index in [1.54, 1.807) is 14.0 Å². The van der Waals surface area contributed by atoms with Gasteiger partial charge in [-0.2, -0.15) is 0 Å². The number of carbonyl (C=O) groups excluding carboxylic acids is 2. The van der Waals surface area contributed by atoms with Crippen LogP contribution in [0.1, 0.15) is 59.3 Å². The van der Waals surface area contributed by atoms with Gasteiger partial charge in [-0.25, -0.2) is 0 Å². The Morgan fingerprint density at radius 3 is 2.59 bits per heavy atom. The van der Waals surface area contributed by atoms with Gasteiger partial charge < -0.3 is 20.7 Å². The van der Waals surface area contributed by atoms with Gasteiger partial charge in [0.05, 0.1) is 7.11 Å². The average Bonchev–Trinajstić information content (AvgIpc) is 2.95. The van der Waals surface area contributed by atoms with Gasteiger partial charge >= 0.3 is 0 Å². The monoisotopic (exact) mass is 401 g/mol. The summed E-state index contributed by atoms with van der Waals surface area (Å²) in [6.07, 6.45) is 6.63. The van der Waals surface area contributed by atoms with Crippen molar-refractivity contribution in [3.63, 3.8) is 0 Å². The Hall–Kier alpha value is -2.24. The number of carbonyl (C=O) groups is 2. The molecule has 2 aliphatic carbocycles. The van der Waals surface area contributed by atoms with E-state index in [9.17, 15) is 9.59 Å². The minimum atomic E-state index is -0.711. The minimum Gasteiger partial charge on any atom is -0.497 e. The average molecular weight is 402 g/mol. The standard InChI is InChI=1S/C23H35N3O3/c1-16(27)25-23-11-9-17(14-23)13-18(15-23)10-12-24-21(28)22(2,3)26-19-5-7-20(29-4)8-6-19/h5-8,17-18,26H,9-15H2,1-4H3,(H,24,28)(H,25,27)/t17-,18?,23-/m0/s1. The third-order valence-corrected chi connectivity index (χ3v) is 6.45. The number of benzene rings is 1. The molecule has 3 atom stereocenters. The van der Waals surface area contributed by atoms with Crippen molar-refractivity contribution in [2.45, 2.75) is 70.4 Å². The van der Waals surface area contributed by atoms with Crippen molar-refractivity contribution < 1.29 is 14.3 Å². The highest BCUT2D eigenvalue weighted by Gasteiger charge is 2.45. The zero-order valence-corrected chi connectivity index (χ0v) is 18.1. The van der Waals surface area contributed by atoms with E-state index in [1.165, 1.54) is 12.8 Å². The molecule has 6 heteroatoms. The summed E-state index contributed by atoms with van der Waals surface area (Å²) < 4.78 is 5.17. The number of hydrogen-bond donors (Lipinski definition) is 3. The van der Waals surface area contributed by atoms with Crippen molar-refractivity contribution in [1.29, 1.82) is 0 Å². The van der Waals surface area contributed by atoms with Crippen molar-refractivity contribution in [1.82, 2.24) is 10.6 Å². The third kappa shape index (κ3) is 5.43. The second kappa shape index (κ2) is 8.64. The maximum atomic E-state index is 12.7. The summed E-state index contributed by atoms with van der Waals surface area (Å²) in [5, 5.41) is 9.63. The molecule has 2 bridgehead atoms. The van der Waals surface area contributed by atoms with Crippen LogP contribution in [-0.2, 0) is 9.59 Å². The minimum absolute atomic E-state index is 0.00137. The molecular weight excluding hydrogens is 366 g/mol. The van der Waals surface area contributed by atoms with E-state index in [-0.39, 0.29) is 17.4 Å². The molecule has 3 rings (SSSR count). The normalized spacial score (nSPS) is 25.9. The molecule has 0 aromatic heterocycles. The fraction of sp³-hybridized carbons (Fsp3) is 0.652. The molecule has 2 fully saturated rings. The first-order valence-corrected chi connectivity index (χ1v) is 10.7. The first kappa shape index (κ1) is 21.5. The molecule has 29 heavy (non-hydrogen) atoms. The van der Waals surface area contributed by atoms with E-state index in [4.69, 9.17) is 4.74 Å². The highest BCUT2D eigenvalue weighted by Crippen LogP contribution is 2.48. The second-order valence-corrected chi connectivity index (χ2v) is 9.40. The van der Waals surface area contributed by atoms with E-state index in [1.807, 2.05) is 38.1 Å². The van der Waals surface area contributed by atoms with Crippen LogP contribution < -0.4 is 20.7 Å². The van der Waals surface area contributed by atoms with Gasteiger partial charge in [-0.1, -0.05) is 0 Å². The summed E-state index contributed by atoms with van der Waals surface area (Å²) in [4.78, 5) is 24.3. The Labute approximate surface area is 174 Å². The fourth-order valence-electron chi connectivity index (χ4n) is 5.19. The Morgan fingerprint density at radius 1 is 1.21 bits per heavy atom. The fourth-order valence-corrected chi connectivity index (χ4v) is 5.19. The Morgan fingerprint density at radius 2 is 1.93 bits per heavy atom. The predicted molar refractivity (Wildman–Crippen MR) is 115 cm³/mol. The number of hydrogen-bond acceptors (Lipinski definition) is 4. The van der Waals surface area contributed by atoms with Crippen LogP contribution in [0.5, 0.6) is 5.75 Å². The van der Waals surface area contributed by atoms with Gasteiger partial charge in [-0.15, -0.1) is 0 Å². The Bertz CT molecular complexity index is 731. The molecule has 160 valence electrons. The summed E-state index contributed by atoms with van der Waals surface area (Å²) in [7, 11) is 1.63. The van der Waals surface area contributed by atoms with Gasteiger partial charge in [-0.3, -0.25) is 9.59 Å². The smallest absolute Gasteiger partial charge is 0.245 e. The molecule has 3 N–H and O–H groups in total. The van der Waals surface area contributed by atoms with Gasteiger partial charge in [0.15, 0.2) is 0 Å². The number of fused-ring (bicyclic) bond motifs is 2. The molecule has 6 nitrogen and oxygen atoms in total. The van der Waals surface area contributed by atoms with Crippen LogP contribution in [0.25, 0.3) is 0 Å². The molecule has 2 aliphatic rings. The van der Waals surface area contributed by atoms with Crippen LogP contribution >= 0.6 is 0 Å². The van der Waals surface area contributed by atoms with E-state index in [0.29, 0.717) is 18.4 Å². The molecule has 0 aliphatic heterocycles. The molecule has 1 aromatic rings. The van der Waals surface area contributed by atoms with Crippen molar-refractivity contribution in [3.8, 4) is 5.75 Å². The summed E-state index contributed by atoms with van der Waals surface area (Å²) in [6.45, 7) is 6.06. The molecule has 0 heterocycles. The Balaban J connectivity index is 1.47. The lowest BCUT2D eigenvalue weighted by Gasteiger charge is -2.38. The lowest BCUT2D eigenvalue weighted by molar-refractivity contribution is -0.124. The van der Waals surface area contributed by atoms with Gasteiger partial charge in [0, 0.05) is 24.7 Å². The first-order chi connectivity index (χ1) is 13.7. The summed E-state index contributed by atoms with van der Waals surface area (Å²) >= 11 is 0. The van der Waals surface area contributed by atoms with Crippen LogP contribution in [-0.4, -0.2) is 36.5 Å². The summed E-state index contributed by atoms with van der Waals surface area (Å²) in [5.74, 6) is 2.12. The topological polar surface area (TPSA) is 79.5 Å². The Kier molecular flexibility index (Phi) is 6.39. The van der Waals surface area contributed by atoms with E-state index in [0.717, 1.165) is 37.1 Å². The lowest BCUT2D eigenvalue weighted by Crippen LogP contribution is -2.50. The first-order valence-electron chi connectivity index (χ1n) is 10.7. The number of ether oxygens (including phenoxy) is 1. The summed E-state index contributed by atoms with van der Waals surface area (Å²) in [6, 6.07) is 7.57. The number of methoxy groups -OCH3 is 1. The van der Waals surface area contributed by atoms with Crippen LogP contribution in [0.3, 0.4) is 0 Å². The van der Waals surface area contributed by atoms with E-state index in [2.05, 4.69) is 16.0 Å². The van der Waals surface area contributed by atoms with Crippen LogP contribution in [0.4, 0.5) is 5.69 Å². The lowest BCUT2D eigenvalue weighted by atomic mass is 9.75. The molecule has 2 saturated carbocycles.